The zero-order valence-corrected chi connectivity index (χ0v) is 18.3. The number of amides is 1. The average Bonchev–Trinajstić information content (AvgIpc) is 2.65. The maximum absolute atomic E-state index is 11.1. The minimum Gasteiger partial charge on any atom is -0.450 e. The summed E-state index contributed by atoms with van der Waals surface area (Å²) in [6.07, 6.45) is 21.7. The van der Waals surface area contributed by atoms with Gasteiger partial charge in [-0.05, 0) is 13.3 Å². The van der Waals surface area contributed by atoms with E-state index in [1.54, 1.807) is 0 Å². The summed E-state index contributed by atoms with van der Waals surface area (Å²) in [7, 11) is 0. The third-order valence-corrected chi connectivity index (χ3v) is 4.58. The van der Waals surface area contributed by atoms with Crippen molar-refractivity contribution in [2.75, 3.05) is 19.9 Å². The summed E-state index contributed by atoms with van der Waals surface area (Å²) in [6.45, 7) is 5.06. The van der Waals surface area contributed by atoms with Gasteiger partial charge in [0.25, 0.3) is 0 Å². The maximum atomic E-state index is 11.1. The number of nitrogens with two attached hydrogens (primary N) is 1. The topological polar surface area (TPSA) is 84.6 Å². The van der Waals surface area contributed by atoms with Crippen molar-refractivity contribution in [2.45, 2.75) is 117 Å². The summed E-state index contributed by atoms with van der Waals surface area (Å²) in [5, 5.41) is 10.1. The number of carbonyl (C=O) groups is 1. The normalized spacial score (nSPS) is 10.2. The number of ether oxygens (including phenoxy) is 1. The van der Waals surface area contributed by atoms with Gasteiger partial charge in [-0.1, -0.05) is 103 Å². The van der Waals surface area contributed by atoms with Crippen LogP contribution in [-0.4, -0.2) is 31.1 Å². The van der Waals surface area contributed by atoms with Crippen LogP contribution in [0, 0.1) is 0 Å². The summed E-state index contributed by atoms with van der Waals surface area (Å²) in [5.74, 6) is 0. The minimum absolute atomic E-state index is 0.250. The number of alkyl carbamates (subject to hydrolysis) is 1. The molecule has 0 atom stereocenters. The van der Waals surface area contributed by atoms with Gasteiger partial charge >= 0.3 is 6.09 Å². The lowest BCUT2D eigenvalue weighted by Gasteiger charge is -2.05. The molecule has 0 unspecified atom stereocenters. The second kappa shape index (κ2) is 27.4. The van der Waals surface area contributed by atoms with E-state index in [4.69, 9.17) is 9.84 Å². The zero-order valence-electron chi connectivity index (χ0n) is 18.3. The van der Waals surface area contributed by atoms with Gasteiger partial charge < -0.3 is 20.9 Å². The van der Waals surface area contributed by atoms with E-state index >= 15 is 0 Å². The Morgan fingerprint density at radius 3 is 1.41 bits per heavy atom. The van der Waals surface area contributed by atoms with Crippen LogP contribution in [0.4, 0.5) is 4.79 Å². The van der Waals surface area contributed by atoms with Gasteiger partial charge in [0.05, 0.1) is 13.3 Å². The molecule has 1 amide bonds. The van der Waals surface area contributed by atoms with E-state index in [0.717, 1.165) is 13.0 Å². The maximum Gasteiger partial charge on any atom is 0.407 e. The lowest BCUT2D eigenvalue weighted by Crippen LogP contribution is -2.25. The zero-order chi connectivity index (χ0) is 20.4. The summed E-state index contributed by atoms with van der Waals surface area (Å²) < 4.78 is 4.82. The van der Waals surface area contributed by atoms with Crippen molar-refractivity contribution in [2.24, 2.45) is 5.73 Å². The van der Waals surface area contributed by atoms with E-state index in [1.165, 1.54) is 96.3 Å². The smallest absolute Gasteiger partial charge is 0.407 e. The molecule has 0 aliphatic carbocycles. The van der Waals surface area contributed by atoms with Crippen molar-refractivity contribution in [3.8, 4) is 0 Å². The highest BCUT2D eigenvalue weighted by Crippen LogP contribution is 2.13. The second-order valence-corrected chi connectivity index (χ2v) is 7.13. The molecule has 0 aliphatic heterocycles. The first-order chi connectivity index (χ1) is 13.2. The molecular weight excluding hydrogens is 340 g/mol. The monoisotopic (exact) mass is 388 g/mol. The molecule has 0 saturated carbocycles. The minimum atomic E-state index is -0.279. The molecule has 27 heavy (non-hydrogen) atoms. The molecule has 0 heterocycles. The molecule has 0 radical (unpaired) electrons. The van der Waals surface area contributed by atoms with Gasteiger partial charge in [0.15, 0.2) is 0 Å². The number of hydrogen-bond acceptors (Lipinski definition) is 4. The quantitative estimate of drug-likeness (QED) is 0.202. The van der Waals surface area contributed by atoms with Crippen molar-refractivity contribution < 1.29 is 14.6 Å². The molecule has 0 fully saturated rings. The molecule has 0 saturated heterocycles. The second-order valence-electron chi connectivity index (χ2n) is 7.13. The van der Waals surface area contributed by atoms with Crippen LogP contribution < -0.4 is 11.1 Å². The fraction of sp³-hybridized carbons (Fsp3) is 0.955. The van der Waals surface area contributed by atoms with Crippen molar-refractivity contribution in [3.63, 3.8) is 0 Å². The molecule has 0 aromatic carbocycles. The van der Waals surface area contributed by atoms with E-state index in [9.17, 15) is 4.79 Å². The molecule has 5 nitrogen and oxygen atoms in total. The Morgan fingerprint density at radius 1 is 0.741 bits per heavy atom. The number of aliphatic hydroxyl groups is 1. The average molecular weight is 389 g/mol. The molecule has 0 rings (SSSR count). The molecule has 4 N–H and O–H groups in total. The Labute approximate surface area is 168 Å². The van der Waals surface area contributed by atoms with Crippen LogP contribution in [-0.2, 0) is 4.74 Å². The number of nitrogens with one attached hydrogen (secondary N) is 1. The van der Waals surface area contributed by atoms with Crippen molar-refractivity contribution in [1.29, 1.82) is 0 Å². The standard InChI is InChI=1S/C21H43NO2.CH5NO/c1-3-5-6-7-8-9-10-11-12-13-14-15-16-17-18-19-20-22-21(23)24-4-2;2-1-3/h3-20H2,1-2H3,(H,22,23);3H,1-2H2. The first kappa shape index (κ1) is 28.4. The molecule has 0 spiro atoms. The first-order valence-electron chi connectivity index (χ1n) is 11.4. The number of rotatable bonds is 18. The number of unbranched alkanes of at least 4 members (excludes halogenated alkanes) is 15. The van der Waals surface area contributed by atoms with Crippen LogP contribution in [0.5, 0.6) is 0 Å². The first-order valence-corrected chi connectivity index (χ1v) is 11.4. The fourth-order valence-electron chi connectivity index (χ4n) is 3.05. The molecule has 0 aromatic heterocycles. The molecule has 164 valence electrons. The third kappa shape index (κ3) is 30.2. The van der Waals surface area contributed by atoms with Crippen molar-refractivity contribution in [3.05, 3.63) is 0 Å². The van der Waals surface area contributed by atoms with Crippen LogP contribution in [0.15, 0.2) is 0 Å². The number of hydrogen-bond donors (Lipinski definition) is 3. The highest BCUT2D eigenvalue weighted by molar-refractivity contribution is 5.66. The van der Waals surface area contributed by atoms with Gasteiger partial charge in [0, 0.05) is 6.54 Å². The SMILES string of the molecule is CCCCCCCCCCCCCCCCCCNC(=O)OCC.NCO. The van der Waals surface area contributed by atoms with Crippen LogP contribution in [0.3, 0.4) is 0 Å². The fourth-order valence-corrected chi connectivity index (χ4v) is 3.05. The largest absolute Gasteiger partial charge is 0.450 e. The summed E-state index contributed by atoms with van der Waals surface area (Å²) >= 11 is 0. The molecule has 5 heteroatoms. The van der Waals surface area contributed by atoms with E-state index in [1.807, 2.05) is 6.92 Å². The van der Waals surface area contributed by atoms with Gasteiger partial charge in [-0.2, -0.15) is 0 Å². The predicted octanol–water partition coefficient (Wildman–Crippen LogP) is 5.89. The Balaban J connectivity index is 0. The van der Waals surface area contributed by atoms with Crippen LogP contribution in [0.25, 0.3) is 0 Å². The van der Waals surface area contributed by atoms with Crippen LogP contribution in [0.2, 0.25) is 0 Å². The van der Waals surface area contributed by atoms with E-state index in [2.05, 4.69) is 18.0 Å². The highest BCUT2D eigenvalue weighted by Gasteiger charge is 1.98. The molecule has 0 aliphatic rings. The predicted molar refractivity (Wildman–Crippen MR) is 116 cm³/mol. The summed E-state index contributed by atoms with van der Waals surface area (Å²) in [6, 6.07) is 0. The number of carbonyl (C=O) groups excluding carboxylic acids is 1. The van der Waals surface area contributed by atoms with E-state index in [-0.39, 0.29) is 12.8 Å². The highest BCUT2D eigenvalue weighted by atomic mass is 16.5. The molecular formula is C22H48N2O3. The Morgan fingerprint density at radius 2 is 1.07 bits per heavy atom. The van der Waals surface area contributed by atoms with Gasteiger partial charge in [0.2, 0.25) is 0 Å². The summed E-state index contributed by atoms with van der Waals surface area (Å²) in [4.78, 5) is 11.1. The van der Waals surface area contributed by atoms with Gasteiger partial charge in [-0.25, -0.2) is 4.79 Å². The van der Waals surface area contributed by atoms with Crippen LogP contribution >= 0.6 is 0 Å². The van der Waals surface area contributed by atoms with Gasteiger partial charge in [-0.3, -0.25) is 0 Å². The lowest BCUT2D eigenvalue weighted by molar-refractivity contribution is 0.152. The van der Waals surface area contributed by atoms with E-state index in [0.29, 0.717) is 6.61 Å². The van der Waals surface area contributed by atoms with Crippen molar-refractivity contribution in [1.82, 2.24) is 5.32 Å². The van der Waals surface area contributed by atoms with Crippen LogP contribution in [0.1, 0.15) is 117 Å². The molecule has 0 aromatic rings. The Kier molecular flexibility index (Phi) is 28.8. The lowest BCUT2D eigenvalue weighted by atomic mass is 10.0. The Bertz CT molecular complexity index is 276. The Hall–Kier alpha value is -0.810. The third-order valence-electron chi connectivity index (χ3n) is 4.58. The van der Waals surface area contributed by atoms with Gasteiger partial charge in [-0.15, -0.1) is 0 Å². The molecule has 0 bridgehead atoms. The summed E-state index contributed by atoms with van der Waals surface area (Å²) in [5.41, 5.74) is 4.40. The van der Waals surface area contributed by atoms with Gasteiger partial charge in [0.1, 0.15) is 0 Å². The van der Waals surface area contributed by atoms with E-state index < -0.39 is 0 Å². The number of aliphatic hydroxyl groups excluding tert-OH is 1. The van der Waals surface area contributed by atoms with Crippen molar-refractivity contribution >= 4 is 6.09 Å².